The fraction of sp³-hybridized carbons (Fsp3) is 0.400. The van der Waals surface area contributed by atoms with E-state index in [2.05, 4.69) is 68.1 Å². The molecule has 4 heterocycles. The van der Waals surface area contributed by atoms with Crippen molar-refractivity contribution in [1.29, 1.82) is 0 Å². The van der Waals surface area contributed by atoms with Gasteiger partial charge in [0.05, 0.1) is 5.52 Å². The number of aromatic nitrogens is 5. The first kappa shape index (κ1) is 24.0. The summed E-state index contributed by atoms with van der Waals surface area (Å²) in [6, 6.07) is 6.34. The van der Waals surface area contributed by atoms with Gasteiger partial charge in [-0.05, 0) is 20.0 Å². The van der Waals surface area contributed by atoms with Gasteiger partial charge in [0.1, 0.15) is 11.6 Å². The zero-order valence-electron chi connectivity index (χ0n) is 21.0. The van der Waals surface area contributed by atoms with Crippen LogP contribution in [-0.4, -0.2) is 63.3 Å². The largest absolute Gasteiger partial charge is 0.418 e. The van der Waals surface area contributed by atoms with E-state index in [4.69, 9.17) is 4.74 Å². The van der Waals surface area contributed by atoms with E-state index >= 15 is 4.39 Å². The van der Waals surface area contributed by atoms with Crippen molar-refractivity contribution in [2.75, 3.05) is 43.4 Å². The molecule has 11 heteroatoms. The number of fused-ring (bicyclic) bond motifs is 1. The number of nitrogens with zero attached hydrogens (tertiary/aromatic N) is 5. The Labute approximate surface area is 207 Å². The van der Waals surface area contributed by atoms with E-state index < -0.39 is 17.4 Å². The van der Waals surface area contributed by atoms with Gasteiger partial charge < -0.3 is 24.8 Å². The molecule has 0 unspecified atom stereocenters. The van der Waals surface area contributed by atoms with Gasteiger partial charge in [-0.2, -0.15) is 15.1 Å². The number of hydrogen-bond donors (Lipinski definition) is 3. The molecule has 0 amide bonds. The van der Waals surface area contributed by atoms with Crippen LogP contribution >= 0.6 is 0 Å². The molecule has 0 spiro atoms. The van der Waals surface area contributed by atoms with Crippen LogP contribution in [0, 0.1) is 18.6 Å². The van der Waals surface area contributed by atoms with Crippen LogP contribution in [0.3, 0.4) is 0 Å². The van der Waals surface area contributed by atoms with Crippen LogP contribution in [0.4, 0.5) is 26.2 Å². The van der Waals surface area contributed by atoms with Crippen LogP contribution < -0.4 is 15.0 Å². The van der Waals surface area contributed by atoms with Crippen molar-refractivity contribution in [3.8, 4) is 11.8 Å². The van der Waals surface area contributed by atoms with Crippen molar-refractivity contribution >= 4 is 28.4 Å². The lowest BCUT2D eigenvalue weighted by atomic mass is 9.92. The molecule has 0 aliphatic carbocycles. The van der Waals surface area contributed by atoms with Crippen LogP contribution in [0.5, 0.6) is 11.8 Å². The highest BCUT2D eigenvalue weighted by Crippen LogP contribution is 2.34. The summed E-state index contributed by atoms with van der Waals surface area (Å²) in [7, 11) is 2.06. The van der Waals surface area contributed by atoms with Gasteiger partial charge in [-0.15, -0.1) is 0 Å². The quantitative estimate of drug-likeness (QED) is 0.363. The molecule has 3 aromatic heterocycles. The molecule has 36 heavy (non-hydrogen) atoms. The molecule has 0 atom stereocenters. The number of aromatic amines is 2. The summed E-state index contributed by atoms with van der Waals surface area (Å²) in [6.07, 6.45) is 0. The Hall–Kier alpha value is -3.73. The number of ether oxygens (including phenoxy) is 1. The van der Waals surface area contributed by atoms with Crippen LogP contribution in [0.2, 0.25) is 0 Å². The lowest BCUT2D eigenvalue weighted by Crippen LogP contribution is -2.44. The molecule has 3 N–H and O–H groups in total. The van der Waals surface area contributed by atoms with E-state index in [1.54, 1.807) is 19.1 Å². The van der Waals surface area contributed by atoms with E-state index in [0.29, 0.717) is 28.7 Å². The highest BCUT2D eigenvalue weighted by Gasteiger charge is 2.22. The average Bonchev–Trinajstić information content (AvgIpc) is 3.43. The number of rotatable bonds is 5. The molecular weight excluding hydrogens is 466 g/mol. The number of hydrogen-bond acceptors (Lipinski definition) is 7. The molecule has 190 valence electrons. The maximum absolute atomic E-state index is 15.2. The van der Waals surface area contributed by atoms with Gasteiger partial charge in [-0.25, -0.2) is 8.78 Å². The van der Waals surface area contributed by atoms with Crippen molar-refractivity contribution in [3.63, 3.8) is 0 Å². The first-order valence-electron chi connectivity index (χ1n) is 11.9. The van der Waals surface area contributed by atoms with Crippen molar-refractivity contribution in [2.24, 2.45) is 0 Å². The van der Waals surface area contributed by atoms with Crippen molar-refractivity contribution in [2.45, 2.75) is 33.1 Å². The first-order chi connectivity index (χ1) is 17.1. The minimum atomic E-state index is -0.841. The second kappa shape index (κ2) is 9.05. The molecule has 4 aromatic rings. The molecular formula is C25H30F2N8O. The van der Waals surface area contributed by atoms with Gasteiger partial charge in [-0.3, -0.25) is 5.10 Å². The summed E-state index contributed by atoms with van der Waals surface area (Å²) in [4.78, 5) is 16.2. The second-order valence-electron chi connectivity index (χ2n) is 10.2. The number of likely N-dealkylation sites (N-methyl/N-ethyl adjacent to an activating group) is 1. The third-order valence-electron chi connectivity index (χ3n) is 6.26. The summed E-state index contributed by atoms with van der Waals surface area (Å²) in [5, 5.41) is 10.8. The third kappa shape index (κ3) is 4.83. The van der Waals surface area contributed by atoms with E-state index in [0.717, 1.165) is 31.9 Å². The van der Waals surface area contributed by atoms with Gasteiger partial charge in [0, 0.05) is 66.6 Å². The zero-order valence-corrected chi connectivity index (χ0v) is 21.0. The molecule has 1 fully saturated rings. The van der Waals surface area contributed by atoms with Gasteiger partial charge in [0.15, 0.2) is 17.5 Å². The van der Waals surface area contributed by atoms with Gasteiger partial charge in [0.2, 0.25) is 5.75 Å². The van der Waals surface area contributed by atoms with E-state index in [1.807, 2.05) is 6.07 Å². The maximum atomic E-state index is 15.2. The molecule has 0 bridgehead atoms. The fourth-order valence-electron chi connectivity index (χ4n) is 4.13. The maximum Gasteiger partial charge on any atom is 0.326 e. The SMILES string of the molecule is Cc1cc2c(F)c(Oc3nc(Nc4cc(C(C)(C)C)[nH]n4)cc(N4CCN(C)CC4)n3)c(F)cc2[nH]1. The second-order valence-corrected chi connectivity index (χ2v) is 10.2. The number of benzene rings is 1. The predicted octanol–water partition coefficient (Wildman–Crippen LogP) is 4.85. The number of piperazine rings is 1. The standard InChI is InChI=1S/C25H30F2N8O/c1-14-10-15-17(28-14)11-16(26)23(22(15)27)36-24-30-19(29-20-12-18(32-33-20)25(2,3)4)13-21(31-24)35-8-6-34(5)7-9-35/h10-13,28H,6-9H2,1-5H3,(H2,29,30,31,32,33). The van der Waals surface area contributed by atoms with E-state index in [9.17, 15) is 4.39 Å². The minimum Gasteiger partial charge on any atom is -0.418 e. The number of nitrogens with one attached hydrogen (secondary N) is 3. The van der Waals surface area contributed by atoms with Crippen LogP contribution in [0.15, 0.2) is 24.3 Å². The topological polar surface area (TPSA) is 98.0 Å². The summed E-state index contributed by atoms with van der Waals surface area (Å²) < 4.78 is 35.7. The lowest BCUT2D eigenvalue weighted by molar-refractivity contribution is 0.311. The number of anilines is 3. The van der Waals surface area contributed by atoms with E-state index in [-0.39, 0.29) is 16.8 Å². The van der Waals surface area contributed by atoms with E-state index in [1.165, 1.54) is 6.07 Å². The van der Waals surface area contributed by atoms with Crippen LogP contribution in [0.25, 0.3) is 10.9 Å². The monoisotopic (exact) mass is 496 g/mol. The van der Waals surface area contributed by atoms with Crippen molar-refractivity contribution < 1.29 is 13.5 Å². The number of H-pyrrole nitrogens is 2. The highest BCUT2D eigenvalue weighted by molar-refractivity contribution is 5.83. The lowest BCUT2D eigenvalue weighted by Gasteiger charge is -2.33. The first-order valence-corrected chi connectivity index (χ1v) is 11.9. The molecule has 1 saturated heterocycles. The predicted molar refractivity (Wildman–Crippen MR) is 135 cm³/mol. The highest BCUT2D eigenvalue weighted by atomic mass is 19.1. The fourth-order valence-corrected chi connectivity index (χ4v) is 4.13. The van der Waals surface area contributed by atoms with Crippen molar-refractivity contribution in [3.05, 3.63) is 47.3 Å². The molecule has 5 rings (SSSR count). The van der Waals surface area contributed by atoms with Gasteiger partial charge >= 0.3 is 6.01 Å². The molecule has 0 radical (unpaired) electrons. The molecule has 1 aromatic carbocycles. The Morgan fingerprint density at radius 3 is 2.44 bits per heavy atom. The minimum absolute atomic E-state index is 0.109. The van der Waals surface area contributed by atoms with Gasteiger partial charge in [-0.1, -0.05) is 20.8 Å². The normalized spacial score (nSPS) is 15.0. The van der Waals surface area contributed by atoms with Crippen LogP contribution in [-0.2, 0) is 5.41 Å². The zero-order chi connectivity index (χ0) is 25.6. The van der Waals surface area contributed by atoms with Gasteiger partial charge in [0.25, 0.3) is 0 Å². The Morgan fingerprint density at radius 2 is 1.75 bits per heavy atom. The van der Waals surface area contributed by atoms with Crippen molar-refractivity contribution in [1.82, 2.24) is 30.0 Å². The number of aryl methyl sites for hydroxylation is 1. The molecule has 0 saturated carbocycles. The Kier molecular flexibility index (Phi) is 6.03. The summed E-state index contributed by atoms with van der Waals surface area (Å²) in [6.45, 7) is 11.3. The summed E-state index contributed by atoms with van der Waals surface area (Å²) >= 11 is 0. The summed E-state index contributed by atoms with van der Waals surface area (Å²) in [5.74, 6) is -0.623. The Bertz CT molecular complexity index is 1400. The third-order valence-corrected chi connectivity index (χ3v) is 6.26. The molecule has 1 aliphatic rings. The molecule has 1 aliphatic heterocycles. The van der Waals surface area contributed by atoms with Crippen LogP contribution in [0.1, 0.15) is 32.2 Å². The Balaban J connectivity index is 1.51. The average molecular weight is 497 g/mol. The molecule has 9 nitrogen and oxygen atoms in total. The summed E-state index contributed by atoms with van der Waals surface area (Å²) in [5.41, 5.74) is 1.92. The Morgan fingerprint density at radius 1 is 1.00 bits per heavy atom. The smallest absolute Gasteiger partial charge is 0.326 e. The number of halogens is 2.